The van der Waals surface area contributed by atoms with E-state index in [1.165, 1.54) is 12.0 Å². The van der Waals surface area contributed by atoms with Gasteiger partial charge in [0.2, 0.25) is 0 Å². The van der Waals surface area contributed by atoms with Gasteiger partial charge in [-0.05, 0) is 19.5 Å². The van der Waals surface area contributed by atoms with E-state index in [9.17, 15) is 0 Å². The van der Waals surface area contributed by atoms with E-state index in [2.05, 4.69) is 65.1 Å². The minimum atomic E-state index is -0.250. The molecule has 1 aromatic rings. The Morgan fingerprint density at radius 1 is 1.10 bits per heavy atom. The average Bonchev–Trinajstić information content (AvgIpc) is 3.19. The Balaban J connectivity index is 0.000000672. The smallest absolute Gasteiger partial charge is 0.290 e. The molecule has 1 atom stereocenters. The van der Waals surface area contributed by atoms with Crippen molar-refractivity contribution in [3.63, 3.8) is 0 Å². The van der Waals surface area contributed by atoms with Gasteiger partial charge >= 0.3 is 0 Å². The van der Waals surface area contributed by atoms with Gasteiger partial charge in [-0.1, -0.05) is 37.3 Å². The van der Waals surface area contributed by atoms with Crippen molar-refractivity contribution < 1.29 is 24.5 Å². The summed E-state index contributed by atoms with van der Waals surface area (Å²) in [5.41, 5.74) is 1.30. The second-order valence-corrected chi connectivity index (χ2v) is 7.15. The summed E-state index contributed by atoms with van der Waals surface area (Å²) in [4.78, 5) is 24.1. The maximum Gasteiger partial charge on any atom is 0.290 e. The molecule has 8 nitrogen and oxygen atoms in total. The summed E-state index contributed by atoms with van der Waals surface area (Å²) in [6.07, 6.45) is 5.78. The van der Waals surface area contributed by atoms with Gasteiger partial charge in [-0.2, -0.15) is 0 Å². The van der Waals surface area contributed by atoms with E-state index < -0.39 is 0 Å². The lowest BCUT2D eigenvalue weighted by atomic mass is 10.1. The van der Waals surface area contributed by atoms with Crippen LogP contribution in [-0.4, -0.2) is 96.8 Å². The molecule has 1 aromatic carbocycles. The number of likely N-dealkylation sites (N-methyl/N-ethyl adjacent to an activating group) is 1. The summed E-state index contributed by atoms with van der Waals surface area (Å²) in [5, 5.41) is 13.8. The number of nitrogens with zero attached hydrogens (tertiary/aromatic N) is 3. The van der Waals surface area contributed by atoms with Crippen LogP contribution in [0, 0.1) is 0 Å². The van der Waals surface area contributed by atoms with E-state index in [0.717, 1.165) is 58.2 Å². The highest BCUT2D eigenvalue weighted by molar-refractivity contribution is 5.34. The van der Waals surface area contributed by atoms with Crippen LogP contribution in [0.25, 0.3) is 0 Å². The summed E-state index contributed by atoms with van der Waals surface area (Å²) < 4.78 is 6.14. The molecule has 1 fully saturated rings. The van der Waals surface area contributed by atoms with E-state index in [-0.39, 0.29) is 12.9 Å². The monoisotopic (exact) mass is 421 g/mol. The van der Waals surface area contributed by atoms with E-state index in [1.807, 2.05) is 0 Å². The molecule has 2 aliphatic rings. The van der Waals surface area contributed by atoms with Crippen molar-refractivity contribution >= 4 is 12.9 Å². The van der Waals surface area contributed by atoms with Crippen LogP contribution in [0.5, 0.6) is 5.75 Å². The first-order valence-electron chi connectivity index (χ1n) is 10.3. The third-order valence-electron chi connectivity index (χ3n) is 5.19. The SMILES string of the molecule is CCC1C=CCN1Cc1ccccc1OCCN1CCN(C)CC1.O=CO.O=CO. The van der Waals surface area contributed by atoms with E-state index in [1.54, 1.807) is 0 Å². The number of carboxylic acid groups (broad SMARTS) is 2. The van der Waals surface area contributed by atoms with Gasteiger partial charge in [0.15, 0.2) is 0 Å². The summed E-state index contributed by atoms with van der Waals surface area (Å²) >= 11 is 0. The van der Waals surface area contributed by atoms with Crippen molar-refractivity contribution in [2.24, 2.45) is 0 Å². The summed E-state index contributed by atoms with van der Waals surface area (Å²) in [5.74, 6) is 1.05. The quantitative estimate of drug-likeness (QED) is 0.509. The van der Waals surface area contributed by atoms with Crippen LogP contribution in [-0.2, 0) is 16.1 Å². The molecule has 0 amide bonds. The second kappa shape index (κ2) is 15.4. The van der Waals surface area contributed by atoms with E-state index in [4.69, 9.17) is 24.5 Å². The molecule has 0 spiro atoms. The highest BCUT2D eigenvalue weighted by atomic mass is 16.5. The number of hydrogen-bond acceptors (Lipinski definition) is 6. The van der Waals surface area contributed by atoms with Crippen LogP contribution in [0.15, 0.2) is 36.4 Å². The van der Waals surface area contributed by atoms with Crippen LogP contribution in [0.2, 0.25) is 0 Å². The van der Waals surface area contributed by atoms with Crippen LogP contribution >= 0.6 is 0 Å². The Morgan fingerprint density at radius 3 is 2.37 bits per heavy atom. The molecule has 0 aromatic heterocycles. The van der Waals surface area contributed by atoms with Gasteiger partial charge < -0.3 is 19.8 Å². The summed E-state index contributed by atoms with van der Waals surface area (Å²) in [6.45, 7) is 10.2. The standard InChI is InChI=1S/C20H31N3O.2CH2O2/c1-3-19-8-6-10-23(19)17-18-7-4-5-9-20(18)24-16-15-22-13-11-21(2)12-14-22;2*2-1-3/h4-9,19H,3,10-17H2,1-2H3;2*1H,(H,2,3). The molecule has 2 N–H and O–H groups in total. The van der Waals surface area contributed by atoms with Crippen molar-refractivity contribution in [1.29, 1.82) is 0 Å². The predicted octanol–water partition coefficient (Wildman–Crippen LogP) is 1.86. The predicted molar refractivity (Wildman–Crippen MR) is 117 cm³/mol. The Hall–Kier alpha value is -2.42. The highest BCUT2D eigenvalue weighted by Crippen LogP contribution is 2.23. The lowest BCUT2D eigenvalue weighted by Crippen LogP contribution is -2.45. The minimum Gasteiger partial charge on any atom is -0.492 e. The first-order chi connectivity index (χ1) is 14.6. The van der Waals surface area contributed by atoms with Crippen LogP contribution in [0.4, 0.5) is 0 Å². The Labute approximate surface area is 179 Å². The molecule has 2 heterocycles. The molecular weight excluding hydrogens is 386 g/mol. The molecular formula is C22H35N3O5. The molecule has 0 saturated carbocycles. The lowest BCUT2D eigenvalue weighted by Gasteiger charge is -2.32. The summed E-state index contributed by atoms with van der Waals surface area (Å²) in [7, 11) is 2.20. The van der Waals surface area contributed by atoms with Crippen LogP contribution in [0.3, 0.4) is 0 Å². The van der Waals surface area contributed by atoms with Gasteiger partial charge in [-0.15, -0.1) is 0 Å². The lowest BCUT2D eigenvalue weighted by molar-refractivity contribution is -0.123. The number of benzene rings is 1. The molecule has 168 valence electrons. The fourth-order valence-corrected chi connectivity index (χ4v) is 3.54. The number of ether oxygens (including phenoxy) is 1. The second-order valence-electron chi connectivity index (χ2n) is 7.15. The fourth-order valence-electron chi connectivity index (χ4n) is 3.54. The largest absolute Gasteiger partial charge is 0.492 e. The zero-order valence-electron chi connectivity index (χ0n) is 18.0. The average molecular weight is 422 g/mol. The normalized spacial score (nSPS) is 19.2. The molecule has 30 heavy (non-hydrogen) atoms. The highest BCUT2D eigenvalue weighted by Gasteiger charge is 2.19. The topological polar surface area (TPSA) is 93.5 Å². The number of piperazine rings is 1. The van der Waals surface area contributed by atoms with Crippen LogP contribution < -0.4 is 4.74 Å². The maximum atomic E-state index is 8.36. The van der Waals surface area contributed by atoms with Gasteiger partial charge in [-0.25, -0.2) is 0 Å². The number of carbonyl (C=O) groups is 2. The van der Waals surface area contributed by atoms with Crippen molar-refractivity contribution in [1.82, 2.24) is 14.7 Å². The molecule has 2 aliphatic heterocycles. The molecule has 0 bridgehead atoms. The van der Waals surface area contributed by atoms with E-state index in [0.29, 0.717) is 6.04 Å². The van der Waals surface area contributed by atoms with Gasteiger partial charge in [0.25, 0.3) is 12.9 Å². The molecule has 1 saturated heterocycles. The molecule has 3 rings (SSSR count). The van der Waals surface area contributed by atoms with Gasteiger partial charge in [0.1, 0.15) is 12.4 Å². The van der Waals surface area contributed by atoms with Crippen molar-refractivity contribution in [3.8, 4) is 5.75 Å². The molecule has 8 heteroatoms. The van der Waals surface area contributed by atoms with Crippen LogP contribution in [0.1, 0.15) is 18.9 Å². The van der Waals surface area contributed by atoms with E-state index >= 15 is 0 Å². The van der Waals surface area contributed by atoms with Gasteiger partial charge in [0.05, 0.1) is 0 Å². The minimum absolute atomic E-state index is 0.250. The van der Waals surface area contributed by atoms with Crippen molar-refractivity contribution in [2.75, 3.05) is 52.9 Å². The first kappa shape index (κ1) is 25.6. The van der Waals surface area contributed by atoms with Gasteiger partial charge in [0, 0.05) is 57.4 Å². The molecule has 0 radical (unpaired) electrons. The Bertz CT molecular complexity index is 627. The maximum absolute atomic E-state index is 8.36. The molecule has 0 aliphatic carbocycles. The Morgan fingerprint density at radius 2 is 1.73 bits per heavy atom. The number of para-hydroxylation sites is 1. The zero-order chi connectivity index (χ0) is 22.2. The zero-order valence-corrected chi connectivity index (χ0v) is 18.0. The van der Waals surface area contributed by atoms with Crippen molar-refractivity contribution in [3.05, 3.63) is 42.0 Å². The number of rotatable bonds is 7. The summed E-state index contributed by atoms with van der Waals surface area (Å²) in [6, 6.07) is 9.09. The third-order valence-corrected chi connectivity index (χ3v) is 5.19. The van der Waals surface area contributed by atoms with Gasteiger partial charge in [-0.3, -0.25) is 19.4 Å². The number of hydrogen-bond donors (Lipinski definition) is 2. The Kier molecular flexibility index (Phi) is 13.2. The fraction of sp³-hybridized carbons (Fsp3) is 0.545. The molecule has 1 unspecified atom stereocenters. The van der Waals surface area contributed by atoms with Crippen molar-refractivity contribution in [2.45, 2.75) is 25.9 Å². The first-order valence-corrected chi connectivity index (χ1v) is 10.3. The third kappa shape index (κ3) is 9.39.